The van der Waals surface area contributed by atoms with Crippen LogP contribution in [0.25, 0.3) is 11.3 Å². The van der Waals surface area contributed by atoms with Crippen molar-refractivity contribution in [2.75, 3.05) is 0 Å². The summed E-state index contributed by atoms with van der Waals surface area (Å²) < 4.78 is 64.8. The maximum absolute atomic E-state index is 13.7. The summed E-state index contributed by atoms with van der Waals surface area (Å²) in [5.41, 5.74) is -3.10. The Kier molecular flexibility index (Phi) is 3.97. The first kappa shape index (κ1) is 15.4. The van der Waals surface area contributed by atoms with Crippen LogP contribution in [0.2, 0.25) is 0 Å². The average Bonchev–Trinajstić information content (AvgIpc) is 2.40. The Balaban J connectivity index is 2.72. The van der Waals surface area contributed by atoms with Crippen LogP contribution in [-0.4, -0.2) is 22.2 Å². The van der Waals surface area contributed by atoms with Crippen LogP contribution in [0, 0.1) is 11.6 Å². The van der Waals surface area contributed by atoms with E-state index in [0.717, 1.165) is 24.3 Å². The van der Waals surface area contributed by atoms with E-state index in [1.54, 1.807) is 0 Å². The van der Waals surface area contributed by atoms with Gasteiger partial charge in [0.2, 0.25) is 0 Å². The molecule has 1 heterocycles. The van der Waals surface area contributed by atoms with Gasteiger partial charge in [-0.05, 0) is 18.2 Å². The van der Waals surface area contributed by atoms with Gasteiger partial charge in [-0.3, -0.25) is 0 Å². The lowest BCUT2D eigenvalue weighted by Gasteiger charge is -2.13. The van der Waals surface area contributed by atoms with Gasteiger partial charge >= 0.3 is 13.3 Å². The van der Waals surface area contributed by atoms with E-state index in [1.807, 2.05) is 0 Å². The van der Waals surface area contributed by atoms with Crippen molar-refractivity contribution in [2.24, 2.45) is 0 Å². The van der Waals surface area contributed by atoms with E-state index in [9.17, 15) is 22.0 Å². The molecule has 0 bridgehead atoms. The fraction of sp³-hybridized carbons (Fsp3) is 0.0833. The Morgan fingerprint density at radius 2 is 1.67 bits per heavy atom. The van der Waals surface area contributed by atoms with Crippen molar-refractivity contribution in [3.8, 4) is 11.3 Å². The Hall–Kier alpha value is -2.00. The van der Waals surface area contributed by atoms with E-state index >= 15 is 0 Å². The number of benzene rings is 1. The van der Waals surface area contributed by atoms with E-state index in [-0.39, 0.29) is 0 Å². The third-order valence-corrected chi connectivity index (χ3v) is 2.70. The zero-order chi connectivity index (χ0) is 15.8. The van der Waals surface area contributed by atoms with Crippen molar-refractivity contribution in [1.82, 2.24) is 4.98 Å². The van der Waals surface area contributed by atoms with Gasteiger partial charge in [0, 0.05) is 11.0 Å². The molecule has 2 N–H and O–H groups in total. The highest BCUT2D eigenvalue weighted by atomic mass is 19.4. The van der Waals surface area contributed by atoms with Gasteiger partial charge in [0.1, 0.15) is 5.69 Å². The summed E-state index contributed by atoms with van der Waals surface area (Å²) in [7, 11) is -2.18. The fourth-order valence-electron chi connectivity index (χ4n) is 1.74. The largest absolute Gasteiger partial charge is 0.490 e. The summed E-state index contributed by atoms with van der Waals surface area (Å²) in [4.78, 5) is 3.19. The number of rotatable bonds is 2. The predicted molar refractivity (Wildman–Crippen MR) is 64.4 cm³/mol. The van der Waals surface area contributed by atoms with Gasteiger partial charge in [-0.25, -0.2) is 13.8 Å². The van der Waals surface area contributed by atoms with Crippen molar-refractivity contribution in [1.29, 1.82) is 0 Å². The third kappa shape index (κ3) is 3.03. The Morgan fingerprint density at radius 1 is 1.00 bits per heavy atom. The summed E-state index contributed by atoms with van der Waals surface area (Å²) in [6.07, 6.45) is -4.81. The molecule has 0 aliphatic heterocycles. The van der Waals surface area contributed by atoms with E-state index in [2.05, 4.69) is 4.98 Å². The summed E-state index contributed by atoms with van der Waals surface area (Å²) >= 11 is 0. The van der Waals surface area contributed by atoms with E-state index in [4.69, 9.17) is 10.0 Å². The molecule has 1 aromatic carbocycles. The van der Waals surface area contributed by atoms with Gasteiger partial charge in [0.15, 0.2) is 11.6 Å². The molecule has 3 nitrogen and oxygen atoms in total. The number of halogens is 5. The first-order chi connectivity index (χ1) is 9.71. The molecule has 0 saturated heterocycles. The lowest BCUT2D eigenvalue weighted by Crippen LogP contribution is -2.33. The standard InChI is InChI=1S/C12H7BF5NO2/c14-8-3-1-2-6(10(8)15)11-7(13(20)21)4-5-9(19-11)12(16,17)18/h1-5,20-21H. The minimum atomic E-state index is -4.81. The van der Waals surface area contributed by atoms with Gasteiger partial charge in [-0.15, -0.1) is 0 Å². The zero-order valence-corrected chi connectivity index (χ0v) is 10.2. The average molecular weight is 303 g/mol. The van der Waals surface area contributed by atoms with Crippen LogP contribution in [0.4, 0.5) is 22.0 Å². The van der Waals surface area contributed by atoms with Gasteiger partial charge in [0.05, 0.1) is 5.69 Å². The lowest BCUT2D eigenvalue weighted by atomic mass is 9.77. The molecular formula is C12H7BF5NO2. The molecule has 2 aromatic rings. The van der Waals surface area contributed by atoms with Crippen molar-refractivity contribution in [3.63, 3.8) is 0 Å². The Labute approximate surface area is 115 Å². The number of hydrogen-bond donors (Lipinski definition) is 2. The summed E-state index contributed by atoms with van der Waals surface area (Å²) in [5, 5.41) is 18.3. The molecule has 2 rings (SSSR count). The van der Waals surface area contributed by atoms with Gasteiger partial charge in [-0.1, -0.05) is 12.1 Å². The van der Waals surface area contributed by atoms with Crippen molar-refractivity contribution in [2.45, 2.75) is 6.18 Å². The monoisotopic (exact) mass is 303 g/mol. The van der Waals surface area contributed by atoms with Crippen molar-refractivity contribution >= 4 is 12.6 Å². The lowest BCUT2D eigenvalue weighted by molar-refractivity contribution is -0.141. The molecule has 110 valence electrons. The second kappa shape index (κ2) is 5.42. The first-order valence-corrected chi connectivity index (χ1v) is 5.60. The quantitative estimate of drug-likeness (QED) is 0.656. The Morgan fingerprint density at radius 3 is 2.24 bits per heavy atom. The van der Waals surface area contributed by atoms with Crippen LogP contribution in [0.3, 0.4) is 0 Å². The van der Waals surface area contributed by atoms with Crippen molar-refractivity contribution < 1.29 is 32.0 Å². The van der Waals surface area contributed by atoms with Gasteiger partial charge in [-0.2, -0.15) is 13.2 Å². The molecule has 9 heteroatoms. The van der Waals surface area contributed by atoms with Crippen LogP contribution < -0.4 is 5.46 Å². The molecule has 21 heavy (non-hydrogen) atoms. The second-order valence-corrected chi connectivity index (χ2v) is 4.11. The molecule has 0 fully saturated rings. The highest BCUT2D eigenvalue weighted by Gasteiger charge is 2.34. The first-order valence-electron chi connectivity index (χ1n) is 5.60. The minimum absolute atomic E-state index is 0.465. The SMILES string of the molecule is OB(O)c1ccc(C(F)(F)F)nc1-c1cccc(F)c1F. The van der Waals surface area contributed by atoms with Gasteiger partial charge in [0.25, 0.3) is 0 Å². The topological polar surface area (TPSA) is 53.4 Å². The number of pyridine rings is 1. The summed E-state index contributed by atoms with van der Waals surface area (Å²) in [6.45, 7) is 0. The smallest absolute Gasteiger partial charge is 0.423 e. The molecule has 0 unspecified atom stereocenters. The molecule has 1 aromatic heterocycles. The highest BCUT2D eigenvalue weighted by molar-refractivity contribution is 6.60. The van der Waals surface area contributed by atoms with Crippen LogP contribution >= 0.6 is 0 Å². The molecule has 0 saturated carbocycles. The second-order valence-electron chi connectivity index (χ2n) is 4.11. The zero-order valence-electron chi connectivity index (χ0n) is 10.2. The van der Waals surface area contributed by atoms with E-state index in [0.29, 0.717) is 6.07 Å². The maximum atomic E-state index is 13.7. The number of hydrogen-bond acceptors (Lipinski definition) is 3. The van der Waals surface area contributed by atoms with Crippen LogP contribution in [0.1, 0.15) is 5.69 Å². The highest BCUT2D eigenvalue weighted by Crippen LogP contribution is 2.30. The number of aromatic nitrogens is 1. The number of nitrogens with zero attached hydrogens (tertiary/aromatic N) is 1. The van der Waals surface area contributed by atoms with E-state index < -0.39 is 47.3 Å². The third-order valence-electron chi connectivity index (χ3n) is 2.70. The maximum Gasteiger partial charge on any atom is 0.490 e. The normalized spacial score (nSPS) is 11.6. The Bertz CT molecular complexity index is 675. The van der Waals surface area contributed by atoms with Crippen LogP contribution in [-0.2, 0) is 6.18 Å². The van der Waals surface area contributed by atoms with Gasteiger partial charge < -0.3 is 10.0 Å². The molecule has 0 amide bonds. The molecule has 0 atom stereocenters. The molecule has 0 aliphatic rings. The van der Waals surface area contributed by atoms with Crippen molar-refractivity contribution in [3.05, 3.63) is 47.7 Å². The number of alkyl halides is 3. The molecular weight excluding hydrogens is 296 g/mol. The fourth-order valence-corrected chi connectivity index (χ4v) is 1.74. The molecule has 0 spiro atoms. The predicted octanol–water partition coefficient (Wildman–Crippen LogP) is 1.73. The minimum Gasteiger partial charge on any atom is -0.423 e. The summed E-state index contributed by atoms with van der Waals surface area (Å²) in [5.74, 6) is -2.71. The van der Waals surface area contributed by atoms with Crippen LogP contribution in [0.5, 0.6) is 0 Å². The molecule has 0 radical (unpaired) electrons. The van der Waals surface area contributed by atoms with E-state index in [1.165, 1.54) is 0 Å². The van der Waals surface area contributed by atoms with Crippen LogP contribution in [0.15, 0.2) is 30.3 Å². The molecule has 0 aliphatic carbocycles. The summed E-state index contributed by atoms with van der Waals surface area (Å²) in [6, 6.07) is 4.12.